The van der Waals surface area contributed by atoms with E-state index < -0.39 is 223 Å². The summed E-state index contributed by atoms with van der Waals surface area (Å²) in [6.07, 6.45) is -2.79. The van der Waals surface area contributed by atoms with Crippen molar-refractivity contribution in [3.05, 3.63) is 65.7 Å². The van der Waals surface area contributed by atoms with Crippen molar-refractivity contribution in [3.8, 4) is 5.75 Å². The second-order valence-corrected chi connectivity index (χ2v) is 25.5. The minimum atomic E-state index is -2.48. The number of primary amides is 1. The van der Waals surface area contributed by atoms with Gasteiger partial charge in [-0.25, -0.2) is 0 Å². The quantitative estimate of drug-likeness (QED) is 0.0499. The number of aromatic amines is 1. The Morgan fingerprint density at radius 3 is 2.07 bits per heavy atom. The standard InChI is InChI=1S/C61H80N14O19S/c1-7-29(4)51-57(89)64-22-46(81)67-41-27-95(93)60-37(20-39(54(86)63-23-47(82)72-51)68-59(91)52(30(5)43(78)25-76)73-56(88)42-18-34(77)24-75(42)61(92)40(21-44(62)79)69-55(41)87)36-13-12-35(19-38(36)70-60)94-26-32-8-10-33(11-9-32)66-53(85)31(6)65-58(90)50(28(2)3)71-45(80)16-17-74-48(83)14-15-49(74)84/h8-15,19,28-31,34,39-43,50-52,70,76-78H,7,16-18,20-27H2,1-6H3,(H2,62,79)(H,63,86)(H,64,89)(H,65,90)(H,66,85)(H,67,81)(H,68,91)(H,69,87)(H,71,80)(H,72,82)(H,73,88)/t29-,30-,31-,34+,39-,40-,41-,42-,43-,50-,51-,52-,95?/m0/s1. The Kier molecular flexibility index (Phi) is 24.9. The number of carbonyl (C=O) groups is 14. The molecule has 13 atom stereocenters. The van der Waals surface area contributed by atoms with E-state index in [0.717, 1.165) is 22.0 Å². The van der Waals surface area contributed by atoms with Gasteiger partial charge in [0.15, 0.2) is 0 Å². The number of aromatic nitrogens is 1. The first-order valence-corrected chi connectivity index (χ1v) is 32.1. The first-order chi connectivity index (χ1) is 45.0. The summed E-state index contributed by atoms with van der Waals surface area (Å²) >= 11 is 0. The van der Waals surface area contributed by atoms with Gasteiger partial charge >= 0.3 is 0 Å². The van der Waals surface area contributed by atoms with Crippen LogP contribution in [0.3, 0.4) is 0 Å². The van der Waals surface area contributed by atoms with Crippen LogP contribution >= 0.6 is 0 Å². The van der Waals surface area contributed by atoms with Crippen LogP contribution in [-0.4, -0.2) is 216 Å². The maximum Gasteiger partial charge on any atom is 0.253 e. The fourth-order valence-electron chi connectivity index (χ4n) is 10.9. The molecule has 7 rings (SSSR count). The number of imide groups is 1. The van der Waals surface area contributed by atoms with Crippen LogP contribution in [-0.2, 0) is 91.0 Å². The third kappa shape index (κ3) is 18.8. The largest absolute Gasteiger partial charge is 0.489 e. The molecule has 34 heteroatoms. The first-order valence-electron chi connectivity index (χ1n) is 30.8. The summed E-state index contributed by atoms with van der Waals surface area (Å²) in [7, 11) is -2.48. The van der Waals surface area contributed by atoms with Gasteiger partial charge in [0.05, 0.1) is 60.4 Å². The Hall–Kier alpha value is -9.67. The Balaban J connectivity index is 1.19. The van der Waals surface area contributed by atoms with Crippen molar-refractivity contribution in [2.75, 3.05) is 43.9 Å². The van der Waals surface area contributed by atoms with Gasteiger partial charge in [0.2, 0.25) is 70.9 Å². The highest BCUT2D eigenvalue weighted by molar-refractivity contribution is 7.85. The topological polar surface area (TPSA) is 495 Å². The van der Waals surface area contributed by atoms with Crippen LogP contribution in [0.1, 0.15) is 78.4 Å². The van der Waals surface area contributed by atoms with Gasteiger partial charge in [-0.2, -0.15) is 0 Å². The molecule has 3 aromatic rings. The van der Waals surface area contributed by atoms with Gasteiger partial charge in [-0.1, -0.05) is 53.2 Å². The predicted molar refractivity (Wildman–Crippen MR) is 335 cm³/mol. The van der Waals surface area contributed by atoms with Gasteiger partial charge in [-0.3, -0.25) is 76.2 Å². The highest BCUT2D eigenvalue weighted by atomic mass is 32.2. The summed E-state index contributed by atoms with van der Waals surface area (Å²) in [4.78, 5) is 195. The lowest BCUT2D eigenvalue weighted by molar-refractivity contribution is -0.144. The van der Waals surface area contributed by atoms with E-state index in [2.05, 4.69) is 58.2 Å². The van der Waals surface area contributed by atoms with E-state index in [1.165, 1.54) is 32.0 Å². The van der Waals surface area contributed by atoms with Crippen molar-refractivity contribution < 1.29 is 91.4 Å². The normalized spacial score (nSPS) is 24.3. The molecule has 1 aromatic heterocycles. The highest BCUT2D eigenvalue weighted by Crippen LogP contribution is 2.31. The molecule has 4 aliphatic rings. The minimum Gasteiger partial charge on any atom is -0.489 e. The van der Waals surface area contributed by atoms with Crippen LogP contribution < -0.4 is 63.6 Å². The Morgan fingerprint density at radius 1 is 0.768 bits per heavy atom. The molecule has 16 N–H and O–H groups in total. The Bertz CT molecular complexity index is 3530. The number of carbonyl (C=O) groups excluding carboxylic acids is 14. The van der Waals surface area contributed by atoms with Gasteiger partial charge in [-0.05, 0) is 54.2 Å². The molecular formula is C61H80N14O19S. The number of rotatable bonds is 19. The summed E-state index contributed by atoms with van der Waals surface area (Å²) < 4.78 is 21.3. The molecule has 0 spiro atoms. The number of anilines is 1. The molecule has 4 aliphatic heterocycles. The van der Waals surface area contributed by atoms with Gasteiger partial charge in [-0.15, -0.1) is 0 Å². The number of H-pyrrole nitrogens is 1. The first kappa shape index (κ1) is 72.8. The summed E-state index contributed by atoms with van der Waals surface area (Å²) in [6, 6.07) is -1.55. The number of fused-ring (bicyclic) bond motifs is 5. The van der Waals surface area contributed by atoms with Crippen LogP contribution in [0.15, 0.2) is 59.6 Å². The summed E-state index contributed by atoms with van der Waals surface area (Å²) in [5.74, 6) is -15.5. The number of hydrogen-bond donors (Lipinski definition) is 15. The predicted octanol–water partition coefficient (Wildman–Crippen LogP) is -5.15. The summed E-state index contributed by atoms with van der Waals surface area (Å²) in [5.41, 5.74) is 6.73. The third-order valence-electron chi connectivity index (χ3n) is 16.6. The lowest BCUT2D eigenvalue weighted by Crippen LogP contribution is -2.62. The SMILES string of the molecule is CC[C@H](C)[C@@H]1NC(=O)CNC(=O)[C@@H]2Cc3c([nH]c4cc(OCc5ccc(NC(=O)[C@H](C)NC(=O)[C@@H](NC(=O)CCN6C(=O)C=CC6=O)C(C)C)cc5)ccc34)S(=O)C[C@H](NC(=O)CNC1=O)C(=O)N[C@@H](CC(N)=O)C(=O)N1C[C@H](O)C[C@H]1C(=O)N[C@@H]([C@@H](C)[C@@H](O)CO)C(=O)N2. The van der Waals surface area contributed by atoms with Crippen LogP contribution in [0.2, 0.25) is 0 Å². The molecule has 14 amide bonds. The fraction of sp³-hybridized carbons (Fsp3) is 0.508. The molecule has 1 unspecified atom stereocenters. The Labute approximate surface area is 546 Å². The van der Waals surface area contributed by atoms with Gasteiger partial charge in [0, 0.05) is 67.6 Å². The summed E-state index contributed by atoms with van der Waals surface area (Å²) in [5, 5.41) is 57.1. The molecule has 1 fully saturated rings. The molecule has 1 saturated heterocycles. The lowest BCUT2D eigenvalue weighted by Gasteiger charge is -2.32. The maximum atomic E-state index is 15.2. The van der Waals surface area contributed by atoms with Crippen LogP contribution in [0.4, 0.5) is 5.69 Å². The Morgan fingerprint density at radius 2 is 1.43 bits per heavy atom. The molecular weight excluding hydrogens is 1260 g/mol. The monoisotopic (exact) mass is 1340 g/mol. The molecule has 0 radical (unpaired) electrons. The molecule has 33 nitrogen and oxygen atoms in total. The lowest BCUT2D eigenvalue weighted by atomic mass is 9.93. The van der Waals surface area contributed by atoms with Crippen molar-refractivity contribution in [3.63, 3.8) is 0 Å². The van der Waals surface area contributed by atoms with E-state index in [4.69, 9.17) is 10.5 Å². The second-order valence-electron chi connectivity index (χ2n) is 24.0. The number of aliphatic hydroxyl groups is 3. The smallest absolute Gasteiger partial charge is 0.253 e. The van der Waals surface area contributed by atoms with Crippen molar-refractivity contribution in [2.24, 2.45) is 23.5 Å². The van der Waals surface area contributed by atoms with Crippen molar-refractivity contribution >= 4 is 110 Å². The zero-order chi connectivity index (χ0) is 69.7. The van der Waals surface area contributed by atoms with Crippen LogP contribution in [0.5, 0.6) is 5.75 Å². The number of benzene rings is 2. The molecule has 2 aromatic carbocycles. The van der Waals surface area contributed by atoms with E-state index in [-0.39, 0.29) is 46.8 Å². The fourth-order valence-corrected chi connectivity index (χ4v) is 12.3. The minimum absolute atomic E-state index is 0.0479. The number of amides is 14. The van der Waals surface area contributed by atoms with Crippen LogP contribution in [0, 0.1) is 17.8 Å². The van der Waals surface area contributed by atoms with Gasteiger partial charge in [0.1, 0.15) is 65.7 Å². The number of aliphatic hydroxyl groups excluding tert-OH is 3. The number of nitrogens with one attached hydrogen (secondary N) is 11. The van der Waals surface area contributed by atoms with Crippen molar-refractivity contribution in [1.29, 1.82) is 0 Å². The third-order valence-corrected chi connectivity index (χ3v) is 18.1. The number of nitrogens with zero attached hydrogens (tertiary/aromatic N) is 2. The molecule has 0 aliphatic carbocycles. The average molecular weight is 1350 g/mol. The summed E-state index contributed by atoms with van der Waals surface area (Å²) in [6.45, 7) is 6.07. The van der Waals surface area contributed by atoms with Gasteiger partial charge < -0.3 is 88.8 Å². The van der Waals surface area contributed by atoms with Crippen molar-refractivity contribution in [2.45, 2.75) is 146 Å². The number of nitrogens with two attached hydrogens (primary N) is 1. The maximum absolute atomic E-state index is 15.2. The molecule has 95 heavy (non-hydrogen) atoms. The molecule has 0 saturated carbocycles. The zero-order valence-electron chi connectivity index (χ0n) is 52.9. The zero-order valence-corrected chi connectivity index (χ0v) is 53.8. The number of hydrogen-bond acceptors (Lipinski definition) is 19. The molecule has 5 heterocycles. The van der Waals surface area contributed by atoms with E-state index in [0.29, 0.717) is 17.7 Å². The second kappa shape index (κ2) is 32.5. The average Bonchev–Trinajstić information content (AvgIpc) is 1.65. The van der Waals surface area contributed by atoms with E-state index in [9.17, 15) is 82.4 Å². The van der Waals surface area contributed by atoms with Gasteiger partial charge in [0.25, 0.3) is 11.8 Å². The van der Waals surface area contributed by atoms with E-state index >= 15 is 4.21 Å². The molecule has 2 bridgehead atoms. The van der Waals surface area contributed by atoms with E-state index in [1.54, 1.807) is 52.0 Å². The number of ether oxygens (including phenoxy) is 1. The molecule has 514 valence electrons. The van der Waals surface area contributed by atoms with Crippen LogP contribution in [0.25, 0.3) is 10.9 Å². The highest BCUT2D eigenvalue weighted by Gasteiger charge is 2.45. The van der Waals surface area contributed by atoms with E-state index in [1.807, 2.05) is 0 Å². The van der Waals surface area contributed by atoms with Crippen molar-refractivity contribution in [1.82, 2.24) is 62.6 Å².